The molecule has 4 aromatic rings. The van der Waals surface area contributed by atoms with E-state index in [4.69, 9.17) is 0 Å². The Morgan fingerprint density at radius 1 is 1.05 bits per heavy atom. The van der Waals surface area contributed by atoms with E-state index in [2.05, 4.69) is 35.3 Å². The number of alkyl halides is 5. The molecule has 1 aromatic carbocycles. The van der Waals surface area contributed by atoms with E-state index in [1.165, 1.54) is 35.6 Å². The second-order valence-electron chi connectivity index (χ2n) is 9.67. The number of nitrogens with zero attached hydrogens (tertiary/aromatic N) is 4. The molecule has 4 N–H and O–H groups in total. The molecule has 3 heterocycles. The van der Waals surface area contributed by atoms with Gasteiger partial charge < -0.3 is 25.6 Å². The van der Waals surface area contributed by atoms with Gasteiger partial charge in [0.05, 0.1) is 46.3 Å². The highest BCUT2D eigenvalue weighted by atomic mass is 32.1. The number of nitrogens with one attached hydrogen (secondary N) is 2. The minimum absolute atomic E-state index is 0.137. The molecule has 1 saturated carbocycles. The SMILES string of the molecule is Cc1nc(N[C@H](C)c2ccc(OC(F)(F)F)cc2)nc(NC2CC(C(F)F)[C@@H](O)[C@H]2O)c1-c1nc2cnccc2s1. The zero-order valence-electron chi connectivity index (χ0n) is 21.6. The topological polar surface area (TPSA) is 125 Å². The van der Waals surface area contributed by atoms with Crippen molar-refractivity contribution >= 4 is 33.3 Å². The monoisotopic (exact) mass is 596 g/mol. The van der Waals surface area contributed by atoms with Gasteiger partial charge in [0.2, 0.25) is 12.4 Å². The van der Waals surface area contributed by atoms with Gasteiger partial charge in [-0.1, -0.05) is 12.1 Å². The number of aliphatic hydroxyl groups excluding tert-OH is 2. The van der Waals surface area contributed by atoms with Gasteiger partial charge in [0, 0.05) is 6.20 Å². The summed E-state index contributed by atoms with van der Waals surface area (Å²) in [5, 5.41) is 27.4. The summed E-state index contributed by atoms with van der Waals surface area (Å²) in [7, 11) is 0. The number of hydrogen-bond acceptors (Lipinski definition) is 10. The predicted molar refractivity (Wildman–Crippen MR) is 142 cm³/mol. The molecule has 218 valence electrons. The van der Waals surface area contributed by atoms with E-state index in [-0.39, 0.29) is 23.9 Å². The van der Waals surface area contributed by atoms with Crippen LogP contribution >= 0.6 is 11.3 Å². The van der Waals surface area contributed by atoms with E-state index < -0.39 is 43.0 Å². The van der Waals surface area contributed by atoms with Crippen molar-refractivity contribution in [2.75, 3.05) is 10.6 Å². The Balaban J connectivity index is 1.47. The van der Waals surface area contributed by atoms with Crippen molar-refractivity contribution in [2.45, 2.75) is 57.3 Å². The fourth-order valence-corrected chi connectivity index (χ4v) is 5.79. The number of ether oxygens (including phenoxy) is 1. The molecule has 0 saturated heterocycles. The lowest BCUT2D eigenvalue weighted by molar-refractivity contribution is -0.274. The molecule has 15 heteroatoms. The van der Waals surface area contributed by atoms with Gasteiger partial charge in [-0.25, -0.2) is 18.7 Å². The van der Waals surface area contributed by atoms with Crippen molar-refractivity contribution in [3.05, 3.63) is 54.0 Å². The first-order chi connectivity index (χ1) is 19.4. The van der Waals surface area contributed by atoms with Crippen LogP contribution in [0.15, 0.2) is 42.7 Å². The Morgan fingerprint density at radius 3 is 2.41 bits per heavy atom. The lowest BCUT2D eigenvalue weighted by Gasteiger charge is -2.22. The van der Waals surface area contributed by atoms with E-state index >= 15 is 0 Å². The Hall–Kier alpha value is -3.69. The first kappa shape index (κ1) is 28.8. The third-order valence-electron chi connectivity index (χ3n) is 6.83. The molecular formula is C26H25F5N6O3S. The van der Waals surface area contributed by atoms with E-state index in [9.17, 15) is 32.2 Å². The van der Waals surface area contributed by atoms with E-state index in [0.29, 0.717) is 27.3 Å². The Morgan fingerprint density at radius 2 is 1.78 bits per heavy atom. The average Bonchev–Trinajstić information content (AvgIpc) is 3.44. The molecule has 2 unspecified atom stereocenters. The van der Waals surface area contributed by atoms with Crippen LogP contribution < -0.4 is 15.4 Å². The van der Waals surface area contributed by atoms with Crippen LogP contribution in [-0.2, 0) is 0 Å². The van der Waals surface area contributed by atoms with Crippen molar-refractivity contribution in [2.24, 2.45) is 5.92 Å². The van der Waals surface area contributed by atoms with Gasteiger partial charge in [-0.3, -0.25) is 4.98 Å². The maximum Gasteiger partial charge on any atom is 0.573 e. The molecule has 1 aliphatic carbocycles. The third kappa shape index (κ3) is 6.31. The molecule has 0 radical (unpaired) electrons. The molecular weight excluding hydrogens is 571 g/mol. The summed E-state index contributed by atoms with van der Waals surface area (Å²) >= 11 is 1.35. The molecule has 1 fully saturated rings. The van der Waals surface area contributed by atoms with Crippen LogP contribution in [0.3, 0.4) is 0 Å². The summed E-state index contributed by atoms with van der Waals surface area (Å²) in [6.45, 7) is 3.47. The number of aromatic nitrogens is 4. The third-order valence-corrected chi connectivity index (χ3v) is 7.88. The second-order valence-corrected chi connectivity index (χ2v) is 10.7. The Bertz CT molecular complexity index is 1490. The van der Waals surface area contributed by atoms with Crippen molar-refractivity contribution in [3.63, 3.8) is 0 Å². The fraction of sp³-hybridized carbons (Fsp3) is 0.385. The highest BCUT2D eigenvalue weighted by molar-refractivity contribution is 7.21. The molecule has 5 atom stereocenters. The van der Waals surface area contributed by atoms with Gasteiger partial charge in [0.1, 0.15) is 28.2 Å². The van der Waals surface area contributed by atoms with Crippen molar-refractivity contribution < 1.29 is 36.9 Å². The summed E-state index contributed by atoms with van der Waals surface area (Å²) in [5.74, 6) is -1.43. The largest absolute Gasteiger partial charge is 0.573 e. The van der Waals surface area contributed by atoms with Crippen LogP contribution in [0.2, 0.25) is 0 Å². The standard InChI is InChI=1S/C26H25F5N6O3S/c1-11(13-3-5-14(6-4-13)40-26(29,30)31)33-25-34-12(2)19(24-36-17-10-32-8-7-18(17)41-24)23(37-25)35-16-9-15(22(27)28)20(38)21(16)39/h3-8,10-11,15-16,20-22,38-39H,9H2,1-2H3,(H2,33,34,35,37)/t11-,15?,16?,20-,21+/m1/s1. The quantitative estimate of drug-likeness (QED) is 0.200. The Labute approximate surface area is 234 Å². The number of aryl methyl sites for hydroxylation is 1. The zero-order valence-corrected chi connectivity index (χ0v) is 22.4. The summed E-state index contributed by atoms with van der Waals surface area (Å²) in [6.07, 6.45) is -7.67. The number of thiazole rings is 1. The van der Waals surface area contributed by atoms with Crippen LogP contribution in [0.25, 0.3) is 20.8 Å². The van der Waals surface area contributed by atoms with E-state index in [0.717, 1.165) is 4.70 Å². The van der Waals surface area contributed by atoms with E-state index in [1.54, 1.807) is 32.3 Å². The summed E-state index contributed by atoms with van der Waals surface area (Å²) in [6, 6.07) is 5.73. The van der Waals surface area contributed by atoms with Gasteiger partial charge in [0.15, 0.2) is 0 Å². The number of aliphatic hydroxyl groups is 2. The van der Waals surface area contributed by atoms with Gasteiger partial charge >= 0.3 is 6.36 Å². The average molecular weight is 597 g/mol. The first-order valence-electron chi connectivity index (χ1n) is 12.5. The lowest BCUT2D eigenvalue weighted by Crippen LogP contribution is -2.36. The van der Waals surface area contributed by atoms with Crippen molar-refractivity contribution in [1.82, 2.24) is 19.9 Å². The minimum atomic E-state index is -4.81. The number of fused-ring (bicyclic) bond motifs is 1. The molecule has 0 bridgehead atoms. The Kier molecular flexibility index (Phi) is 7.94. The van der Waals surface area contributed by atoms with Crippen LogP contribution in [0, 0.1) is 12.8 Å². The van der Waals surface area contributed by atoms with Gasteiger partial charge in [-0.2, -0.15) is 4.98 Å². The number of pyridine rings is 1. The summed E-state index contributed by atoms with van der Waals surface area (Å²) in [4.78, 5) is 17.8. The maximum absolute atomic E-state index is 13.5. The zero-order chi connectivity index (χ0) is 29.5. The van der Waals surface area contributed by atoms with Crippen LogP contribution in [0.4, 0.5) is 33.7 Å². The fourth-order valence-electron chi connectivity index (χ4n) is 4.76. The number of benzene rings is 1. The van der Waals surface area contributed by atoms with Gasteiger partial charge in [0.25, 0.3) is 0 Å². The van der Waals surface area contributed by atoms with Gasteiger partial charge in [-0.05, 0) is 44.0 Å². The van der Waals surface area contributed by atoms with Crippen molar-refractivity contribution in [3.8, 4) is 16.3 Å². The number of anilines is 2. The molecule has 0 spiro atoms. The predicted octanol–water partition coefficient (Wildman–Crippen LogP) is 5.32. The van der Waals surface area contributed by atoms with Crippen LogP contribution in [0.5, 0.6) is 5.75 Å². The van der Waals surface area contributed by atoms with Gasteiger partial charge in [-0.15, -0.1) is 24.5 Å². The minimum Gasteiger partial charge on any atom is -0.406 e. The number of halogens is 5. The molecule has 3 aromatic heterocycles. The van der Waals surface area contributed by atoms with E-state index in [1.807, 2.05) is 0 Å². The normalized spacial score (nSPS) is 21.8. The highest BCUT2D eigenvalue weighted by Gasteiger charge is 2.46. The molecule has 0 amide bonds. The van der Waals surface area contributed by atoms with Crippen LogP contribution in [-0.4, -0.2) is 61.2 Å². The molecule has 5 rings (SSSR count). The molecule has 9 nitrogen and oxygen atoms in total. The molecule has 0 aliphatic heterocycles. The maximum atomic E-state index is 13.5. The molecule has 41 heavy (non-hydrogen) atoms. The number of hydrogen-bond donors (Lipinski definition) is 4. The molecule has 1 aliphatic rings. The summed E-state index contributed by atoms with van der Waals surface area (Å²) < 4.78 is 69.2. The summed E-state index contributed by atoms with van der Waals surface area (Å²) in [5.41, 5.74) is 2.23. The smallest absolute Gasteiger partial charge is 0.406 e. The number of rotatable bonds is 8. The van der Waals surface area contributed by atoms with Crippen molar-refractivity contribution in [1.29, 1.82) is 0 Å². The highest BCUT2D eigenvalue weighted by Crippen LogP contribution is 2.39. The second kappa shape index (κ2) is 11.3. The van der Waals surface area contributed by atoms with Crippen LogP contribution in [0.1, 0.15) is 30.6 Å². The lowest BCUT2D eigenvalue weighted by atomic mass is 10.1. The first-order valence-corrected chi connectivity index (χ1v) is 13.3.